The molecule has 0 fully saturated rings. The van der Waals surface area contributed by atoms with E-state index < -0.39 is 24.6 Å². The first-order chi connectivity index (χ1) is 17.5. The Labute approximate surface area is 216 Å². The minimum atomic E-state index is -1.38. The summed E-state index contributed by atoms with van der Waals surface area (Å²) < 4.78 is 15.8. The maximum Gasteiger partial charge on any atom is 0.270 e. The van der Waals surface area contributed by atoms with E-state index >= 15 is 0 Å². The van der Waals surface area contributed by atoms with Gasteiger partial charge in [0.1, 0.15) is 11.5 Å². The van der Waals surface area contributed by atoms with Crippen LogP contribution in [-0.2, 0) is 11.2 Å². The number of hydrogen-bond acceptors (Lipinski definition) is 5. The van der Waals surface area contributed by atoms with Crippen LogP contribution in [0, 0.1) is 5.82 Å². The number of carbonyl (C=O) groups is 2. The van der Waals surface area contributed by atoms with Crippen LogP contribution in [0.4, 0.5) is 4.39 Å². The zero-order valence-corrected chi connectivity index (χ0v) is 21.6. The topological polar surface area (TPSA) is 106 Å². The Morgan fingerprint density at radius 3 is 2.08 bits per heavy atom. The highest BCUT2D eigenvalue weighted by molar-refractivity contribution is 6.05. The van der Waals surface area contributed by atoms with Gasteiger partial charge in [0.2, 0.25) is 0 Å². The minimum absolute atomic E-state index is 0.114. The van der Waals surface area contributed by atoms with Gasteiger partial charge >= 0.3 is 0 Å². The molecule has 1 heterocycles. The zero-order valence-electron chi connectivity index (χ0n) is 21.6. The van der Waals surface area contributed by atoms with E-state index in [0.717, 1.165) is 27.9 Å². The van der Waals surface area contributed by atoms with Crippen molar-refractivity contribution in [3.05, 3.63) is 71.8 Å². The number of aliphatic hydroxyl groups excluding tert-OH is 2. The van der Waals surface area contributed by atoms with Gasteiger partial charge in [-0.15, -0.1) is 0 Å². The molecule has 0 spiro atoms. The smallest absolute Gasteiger partial charge is 0.270 e. The highest BCUT2D eigenvalue weighted by Crippen LogP contribution is 2.42. The van der Waals surface area contributed by atoms with Gasteiger partial charge in [-0.3, -0.25) is 4.79 Å². The van der Waals surface area contributed by atoms with Gasteiger partial charge in [-0.1, -0.05) is 42.5 Å². The Morgan fingerprint density at radius 2 is 1.54 bits per heavy atom. The molecule has 3 aromatic rings. The minimum Gasteiger partial charge on any atom is -0.550 e. The van der Waals surface area contributed by atoms with Crippen molar-refractivity contribution in [3.8, 4) is 22.3 Å². The Kier molecular flexibility index (Phi) is 9.23. The van der Waals surface area contributed by atoms with Crippen LogP contribution in [0.1, 0.15) is 55.3 Å². The first-order valence-electron chi connectivity index (χ1n) is 12.4. The molecule has 2 aromatic carbocycles. The lowest BCUT2D eigenvalue weighted by molar-refractivity contribution is -0.307. The predicted molar refractivity (Wildman–Crippen MR) is 138 cm³/mol. The molecule has 3 rings (SSSR count). The third-order valence-electron chi connectivity index (χ3n) is 6.29. The summed E-state index contributed by atoms with van der Waals surface area (Å²) in [5, 5.41) is 31.3. The van der Waals surface area contributed by atoms with Gasteiger partial charge in [0, 0.05) is 49.3 Å². The van der Waals surface area contributed by atoms with E-state index in [0.29, 0.717) is 12.1 Å². The molecule has 198 valence electrons. The zero-order chi connectivity index (χ0) is 27.3. The Bertz CT molecular complexity index is 1220. The molecular formula is C29H34FN2O5-. The number of aliphatic hydroxyl groups is 2. The van der Waals surface area contributed by atoms with Gasteiger partial charge in [0.05, 0.1) is 12.2 Å². The van der Waals surface area contributed by atoms with E-state index in [1.807, 2.05) is 48.7 Å². The molecule has 0 bridgehead atoms. The van der Waals surface area contributed by atoms with Crippen LogP contribution in [0.25, 0.3) is 22.3 Å². The average Bonchev–Trinajstić information content (AvgIpc) is 3.17. The second kappa shape index (κ2) is 12.2. The lowest BCUT2D eigenvalue weighted by Gasteiger charge is -2.21. The molecule has 37 heavy (non-hydrogen) atoms. The Morgan fingerprint density at radius 1 is 0.946 bits per heavy atom. The average molecular weight is 510 g/mol. The third kappa shape index (κ3) is 6.64. The summed E-state index contributed by atoms with van der Waals surface area (Å²) in [6, 6.07) is 15.5. The Hall–Kier alpha value is -3.49. The number of nitrogens with zero attached hydrogens (tertiary/aromatic N) is 2. The molecule has 0 aliphatic rings. The largest absolute Gasteiger partial charge is 0.550 e. The number of carbonyl (C=O) groups excluding carboxylic acids is 2. The number of aliphatic carboxylic acids is 1. The molecule has 0 unspecified atom stereocenters. The molecule has 0 radical (unpaired) electrons. The third-order valence-corrected chi connectivity index (χ3v) is 6.29. The molecule has 0 aliphatic heterocycles. The van der Waals surface area contributed by atoms with Crippen molar-refractivity contribution in [1.82, 2.24) is 9.47 Å². The summed E-state index contributed by atoms with van der Waals surface area (Å²) in [7, 11) is 3.38. The second-order valence-corrected chi connectivity index (χ2v) is 9.74. The summed E-state index contributed by atoms with van der Waals surface area (Å²) in [4.78, 5) is 25.9. The van der Waals surface area contributed by atoms with Crippen LogP contribution in [0.15, 0.2) is 54.6 Å². The van der Waals surface area contributed by atoms with E-state index in [1.165, 1.54) is 17.0 Å². The first-order valence-corrected chi connectivity index (χ1v) is 12.4. The van der Waals surface area contributed by atoms with Gasteiger partial charge in [-0.2, -0.15) is 0 Å². The van der Waals surface area contributed by atoms with Crippen molar-refractivity contribution >= 4 is 11.9 Å². The van der Waals surface area contributed by atoms with E-state index in [-0.39, 0.29) is 30.6 Å². The van der Waals surface area contributed by atoms with Crippen molar-refractivity contribution in [2.24, 2.45) is 0 Å². The molecule has 2 N–H and O–H groups in total. The number of carboxylic acid groups (broad SMARTS) is 1. The first kappa shape index (κ1) is 28.1. The number of amides is 1. The van der Waals surface area contributed by atoms with Gasteiger partial charge in [0.15, 0.2) is 0 Å². The van der Waals surface area contributed by atoms with E-state index in [4.69, 9.17) is 0 Å². The fraction of sp³-hybridized carbons (Fsp3) is 0.379. The van der Waals surface area contributed by atoms with Crippen molar-refractivity contribution < 1.29 is 29.3 Å². The van der Waals surface area contributed by atoms with Crippen LogP contribution in [0.5, 0.6) is 0 Å². The fourth-order valence-electron chi connectivity index (χ4n) is 4.70. The molecule has 0 aliphatic carbocycles. The number of hydrogen-bond donors (Lipinski definition) is 2. The lowest BCUT2D eigenvalue weighted by Crippen LogP contribution is -2.29. The lowest BCUT2D eigenvalue weighted by atomic mass is 9.92. The number of halogens is 1. The van der Waals surface area contributed by atoms with Crippen LogP contribution >= 0.6 is 0 Å². The summed E-state index contributed by atoms with van der Waals surface area (Å²) >= 11 is 0. The van der Waals surface area contributed by atoms with Crippen molar-refractivity contribution in [3.63, 3.8) is 0 Å². The Balaban J connectivity index is 2.23. The standard InChI is InChI=1S/C29H35FN2O5/c1-18(2)32-24(15-14-22(33)16-23(34)17-25(35)36)26(20-10-12-21(30)13-11-20)27(19-8-6-5-7-9-19)28(32)29(37)31(3)4/h5-13,18,22-23,33-34H,14-17H2,1-4H3,(H,35,36)/p-1/t22-,23-/m1/s1. The van der Waals surface area contributed by atoms with Crippen LogP contribution < -0.4 is 5.11 Å². The highest BCUT2D eigenvalue weighted by atomic mass is 19.1. The molecule has 8 heteroatoms. The highest BCUT2D eigenvalue weighted by Gasteiger charge is 2.31. The van der Waals surface area contributed by atoms with E-state index in [9.17, 15) is 29.3 Å². The molecule has 2 atom stereocenters. The summed E-state index contributed by atoms with van der Waals surface area (Å²) in [6.07, 6.45) is -2.31. The quantitative estimate of drug-likeness (QED) is 0.412. The fourth-order valence-corrected chi connectivity index (χ4v) is 4.70. The van der Waals surface area contributed by atoms with Crippen molar-refractivity contribution in [2.75, 3.05) is 14.1 Å². The van der Waals surface area contributed by atoms with Gasteiger partial charge in [-0.05, 0) is 56.4 Å². The summed E-state index contributed by atoms with van der Waals surface area (Å²) in [5.74, 6) is -1.95. The summed E-state index contributed by atoms with van der Waals surface area (Å²) in [5.41, 5.74) is 4.34. The van der Waals surface area contributed by atoms with Gasteiger partial charge in [-0.25, -0.2) is 4.39 Å². The SMILES string of the molecule is CC(C)n1c(CC[C@@H](O)C[C@@H](O)CC(=O)[O-])c(-c2ccc(F)cc2)c(-c2ccccc2)c1C(=O)N(C)C. The normalized spacial score (nSPS) is 13.0. The number of aromatic nitrogens is 1. The van der Waals surface area contributed by atoms with Crippen LogP contribution in [-0.4, -0.2) is 57.9 Å². The van der Waals surface area contributed by atoms with Gasteiger partial charge < -0.3 is 29.6 Å². The van der Waals surface area contributed by atoms with Crippen LogP contribution in [0.2, 0.25) is 0 Å². The monoisotopic (exact) mass is 509 g/mol. The maximum absolute atomic E-state index is 13.9. The molecule has 1 aromatic heterocycles. The number of benzene rings is 2. The van der Waals surface area contributed by atoms with Crippen LogP contribution in [0.3, 0.4) is 0 Å². The molecule has 7 nitrogen and oxygen atoms in total. The maximum atomic E-state index is 13.9. The van der Waals surface area contributed by atoms with Crippen molar-refractivity contribution in [2.45, 2.75) is 57.8 Å². The summed E-state index contributed by atoms with van der Waals surface area (Å²) in [6.45, 7) is 3.94. The molecule has 1 amide bonds. The van der Waals surface area contributed by atoms with E-state index in [2.05, 4.69) is 0 Å². The molecule has 0 saturated heterocycles. The van der Waals surface area contributed by atoms with Crippen molar-refractivity contribution in [1.29, 1.82) is 0 Å². The van der Waals surface area contributed by atoms with E-state index in [1.54, 1.807) is 26.2 Å². The second-order valence-electron chi connectivity index (χ2n) is 9.74. The number of carboxylic acids is 1. The molecular weight excluding hydrogens is 475 g/mol. The van der Waals surface area contributed by atoms with Gasteiger partial charge in [0.25, 0.3) is 5.91 Å². The predicted octanol–water partition coefficient (Wildman–Crippen LogP) is 3.43. The number of rotatable bonds is 11. The molecule has 0 saturated carbocycles.